The van der Waals surface area contributed by atoms with Gasteiger partial charge in [-0.15, -0.1) is 0 Å². The number of nitrogens with zero attached hydrogens (tertiary/aromatic N) is 1. The van der Waals surface area contributed by atoms with E-state index in [1.54, 1.807) is 11.8 Å². The minimum Gasteiger partial charge on any atom is -0.335 e. The molecule has 0 N–H and O–H groups in total. The zero-order valence-electron chi connectivity index (χ0n) is 11.0. The van der Waals surface area contributed by atoms with Crippen LogP contribution in [0.1, 0.15) is 23.7 Å². The maximum atomic E-state index is 13.2. The average molecular weight is 364 g/mol. The minimum absolute atomic E-state index is 0.00887. The Labute approximate surface area is 126 Å². The first-order valence-corrected chi connectivity index (χ1v) is 8.92. The van der Waals surface area contributed by atoms with Gasteiger partial charge in [-0.05, 0) is 47.5 Å². The summed E-state index contributed by atoms with van der Waals surface area (Å²) in [5, 5.41) is 0. The van der Waals surface area contributed by atoms with Crippen molar-refractivity contribution in [3.63, 3.8) is 0 Å². The van der Waals surface area contributed by atoms with E-state index in [2.05, 4.69) is 15.9 Å². The van der Waals surface area contributed by atoms with Crippen molar-refractivity contribution in [3.05, 3.63) is 34.1 Å². The van der Waals surface area contributed by atoms with Crippen molar-refractivity contribution in [2.75, 3.05) is 18.1 Å². The van der Waals surface area contributed by atoms with Gasteiger partial charge in [0.05, 0.1) is 16.0 Å². The summed E-state index contributed by atoms with van der Waals surface area (Å²) in [7, 11) is -3.04. The van der Waals surface area contributed by atoms with Crippen LogP contribution in [0.15, 0.2) is 22.7 Å². The van der Waals surface area contributed by atoms with E-state index in [4.69, 9.17) is 0 Å². The molecule has 0 aliphatic carbocycles. The van der Waals surface area contributed by atoms with Gasteiger partial charge in [-0.3, -0.25) is 4.79 Å². The third-order valence-corrected chi connectivity index (χ3v) is 5.78. The number of amides is 1. The molecular formula is C13H15BrFNO3S. The molecule has 1 aliphatic rings. The Balaban J connectivity index is 2.23. The lowest BCUT2D eigenvalue weighted by Gasteiger charge is -2.27. The number of sulfone groups is 1. The zero-order chi connectivity index (χ0) is 14.9. The lowest BCUT2D eigenvalue weighted by atomic mass is 10.1. The fourth-order valence-electron chi connectivity index (χ4n) is 2.38. The van der Waals surface area contributed by atoms with Crippen LogP contribution in [-0.2, 0) is 9.84 Å². The highest BCUT2D eigenvalue weighted by Crippen LogP contribution is 2.22. The van der Waals surface area contributed by atoms with Crippen molar-refractivity contribution in [1.82, 2.24) is 4.90 Å². The molecule has 0 aromatic heterocycles. The van der Waals surface area contributed by atoms with Gasteiger partial charge in [0, 0.05) is 18.2 Å². The Kier molecular flexibility index (Phi) is 4.49. The molecule has 0 saturated carbocycles. The van der Waals surface area contributed by atoms with Gasteiger partial charge in [-0.25, -0.2) is 12.8 Å². The molecule has 1 amide bonds. The summed E-state index contributed by atoms with van der Waals surface area (Å²) < 4.78 is 36.5. The molecule has 2 rings (SSSR count). The van der Waals surface area contributed by atoms with E-state index in [-0.39, 0.29) is 27.9 Å². The molecule has 7 heteroatoms. The standard InChI is InChI=1S/C13H15BrFNO3S/c1-2-16(10-5-6-20(18,19)8-10)13(17)9-3-4-12(15)11(14)7-9/h3-4,7,10H,2,5-6,8H2,1H3. The first-order valence-electron chi connectivity index (χ1n) is 6.30. The number of carbonyl (C=O) groups is 1. The molecule has 1 saturated heterocycles. The molecule has 1 aliphatic heterocycles. The summed E-state index contributed by atoms with van der Waals surface area (Å²) in [5.74, 6) is -0.577. The molecule has 20 heavy (non-hydrogen) atoms. The Bertz CT molecular complexity index is 633. The van der Waals surface area contributed by atoms with E-state index < -0.39 is 15.7 Å². The van der Waals surface area contributed by atoms with E-state index >= 15 is 0 Å². The lowest BCUT2D eigenvalue weighted by Crippen LogP contribution is -2.41. The van der Waals surface area contributed by atoms with Crippen LogP contribution in [0.3, 0.4) is 0 Å². The van der Waals surface area contributed by atoms with Gasteiger partial charge in [0.15, 0.2) is 9.84 Å². The molecule has 1 atom stereocenters. The first-order chi connectivity index (χ1) is 9.34. The van der Waals surface area contributed by atoms with Crippen molar-refractivity contribution in [2.45, 2.75) is 19.4 Å². The molecule has 1 fully saturated rings. The SMILES string of the molecule is CCN(C(=O)c1ccc(F)c(Br)c1)C1CCS(=O)(=O)C1. The van der Waals surface area contributed by atoms with Crippen molar-refractivity contribution in [1.29, 1.82) is 0 Å². The number of hydrogen-bond donors (Lipinski definition) is 0. The average Bonchev–Trinajstić information content (AvgIpc) is 2.74. The predicted molar refractivity (Wildman–Crippen MR) is 77.9 cm³/mol. The molecule has 0 radical (unpaired) electrons. The van der Waals surface area contributed by atoms with Crippen molar-refractivity contribution >= 4 is 31.7 Å². The maximum absolute atomic E-state index is 13.2. The van der Waals surface area contributed by atoms with Crippen LogP contribution >= 0.6 is 15.9 Å². The van der Waals surface area contributed by atoms with Crippen LogP contribution in [0.25, 0.3) is 0 Å². The minimum atomic E-state index is -3.04. The summed E-state index contributed by atoms with van der Waals surface area (Å²) in [5.41, 5.74) is 0.351. The summed E-state index contributed by atoms with van der Waals surface area (Å²) in [6, 6.07) is 3.76. The second-order valence-corrected chi connectivity index (χ2v) is 7.86. The first kappa shape index (κ1) is 15.4. The second-order valence-electron chi connectivity index (χ2n) is 4.78. The Morgan fingerprint density at radius 2 is 2.20 bits per heavy atom. The van der Waals surface area contributed by atoms with Crippen molar-refractivity contribution in [2.24, 2.45) is 0 Å². The normalized spacial score (nSPS) is 20.9. The number of hydrogen-bond acceptors (Lipinski definition) is 3. The van der Waals surface area contributed by atoms with Gasteiger partial charge in [0.1, 0.15) is 5.82 Å². The van der Waals surface area contributed by atoms with Crippen LogP contribution in [0.2, 0.25) is 0 Å². The molecule has 4 nitrogen and oxygen atoms in total. The van der Waals surface area contributed by atoms with Crippen LogP contribution in [0.5, 0.6) is 0 Å². The maximum Gasteiger partial charge on any atom is 0.254 e. The number of rotatable bonds is 3. The molecule has 0 bridgehead atoms. The predicted octanol–water partition coefficient (Wildman–Crippen LogP) is 2.24. The zero-order valence-corrected chi connectivity index (χ0v) is 13.4. The van der Waals surface area contributed by atoms with E-state index in [0.29, 0.717) is 18.5 Å². The van der Waals surface area contributed by atoms with Gasteiger partial charge in [0.2, 0.25) is 0 Å². The Morgan fingerprint density at radius 3 is 2.70 bits per heavy atom. The highest BCUT2D eigenvalue weighted by atomic mass is 79.9. The molecule has 1 unspecified atom stereocenters. The van der Waals surface area contributed by atoms with E-state index in [1.807, 2.05) is 0 Å². The highest BCUT2D eigenvalue weighted by molar-refractivity contribution is 9.10. The van der Waals surface area contributed by atoms with Gasteiger partial charge in [-0.2, -0.15) is 0 Å². The molecule has 1 aromatic rings. The summed E-state index contributed by atoms with van der Waals surface area (Å²) in [4.78, 5) is 14.0. The topological polar surface area (TPSA) is 54.5 Å². The van der Waals surface area contributed by atoms with Gasteiger partial charge < -0.3 is 4.90 Å². The molecular weight excluding hydrogens is 349 g/mol. The summed E-state index contributed by atoms with van der Waals surface area (Å²) >= 11 is 3.05. The Hall–Kier alpha value is -0.950. The second kappa shape index (κ2) is 5.81. The monoisotopic (exact) mass is 363 g/mol. The quantitative estimate of drug-likeness (QED) is 0.827. The van der Waals surface area contributed by atoms with Crippen molar-refractivity contribution in [3.8, 4) is 0 Å². The van der Waals surface area contributed by atoms with Crippen LogP contribution in [-0.4, -0.2) is 43.3 Å². The molecule has 0 spiro atoms. The number of benzene rings is 1. The third kappa shape index (κ3) is 3.20. The third-order valence-electron chi connectivity index (χ3n) is 3.42. The van der Waals surface area contributed by atoms with E-state index in [0.717, 1.165) is 0 Å². The number of halogens is 2. The van der Waals surface area contributed by atoms with Crippen molar-refractivity contribution < 1.29 is 17.6 Å². The van der Waals surface area contributed by atoms with E-state index in [1.165, 1.54) is 18.2 Å². The van der Waals surface area contributed by atoms with Crippen LogP contribution in [0, 0.1) is 5.82 Å². The number of carbonyl (C=O) groups excluding carboxylic acids is 1. The molecule has 110 valence electrons. The molecule has 1 heterocycles. The summed E-state index contributed by atoms with van der Waals surface area (Å²) in [6.45, 7) is 2.23. The van der Waals surface area contributed by atoms with Crippen LogP contribution < -0.4 is 0 Å². The largest absolute Gasteiger partial charge is 0.335 e. The smallest absolute Gasteiger partial charge is 0.254 e. The van der Waals surface area contributed by atoms with Gasteiger partial charge in [-0.1, -0.05) is 0 Å². The fraction of sp³-hybridized carbons (Fsp3) is 0.462. The van der Waals surface area contributed by atoms with Gasteiger partial charge in [0.25, 0.3) is 5.91 Å². The Morgan fingerprint density at radius 1 is 1.50 bits per heavy atom. The van der Waals surface area contributed by atoms with Crippen LogP contribution in [0.4, 0.5) is 4.39 Å². The lowest BCUT2D eigenvalue weighted by molar-refractivity contribution is 0.0708. The molecule has 1 aromatic carbocycles. The summed E-state index contributed by atoms with van der Waals surface area (Å²) in [6.07, 6.45) is 0.463. The van der Waals surface area contributed by atoms with Gasteiger partial charge >= 0.3 is 0 Å². The fourth-order valence-corrected chi connectivity index (χ4v) is 4.49. The van der Waals surface area contributed by atoms with E-state index in [9.17, 15) is 17.6 Å². The highest BCUT2D eigenvalue weighted by Gasteiger charge is 2.34.